The third kappa shape index (κ3) is 1.66. The molecule has 58 valence electrons. The zero-order valence-electron chi connectivity index (χ0n) is 6.85. The van der Waals surface area contributed by atoms with E-state index in [1.54, 1.807) is 6.08 Å². The summed E-state index contributed by atoms with van der Waals surface area (Å²) in [6.45, 7) is 3.98. The van der Waals surface area contributed by atoms with Crippen LogP contribution in [0.1, 0.15) is 26.7 Å². The highest BCUT2D eigenvalue weighted by Gasteiger charge is 2.07. The Balaban J connectivity index is 3.03. The minimum Gasteiger partial charge on any atom is -0.211 e. The molecule has 0 spiro atoms. The van der Waals surface area contributed by atoms with Gasteiger partial charge in [-0.1, -0.05) is 6.08 Å². The van der Waals surface area contributed by atoms with Crippen LogP contribution in [-0.4, -0.2) is 6.08 Å². The first-order valence-electron chi connectivity index (χ1n) is 3.70. The second-order valence-electron chi connectivity index (χ2n) is 2.76. The summed E-state index contributed by atoms with van der Waals surface area (Å²) in [5.74, 6) is 0. The second kappa shape index (κ2) is 3.31. The van der Waals surface area contributed by atoms with E-state index in [4.69, 9.17) is 0 Å². The monoisotopic (exact) mass is 149 g/mol. The van der Waals surface area contributed by atoms with Crippen LogP contribution in [0.3, 0.4) is 0 Å². The molecule has 2 heteroatoms. The summed E-state index contributed by atoms with van der Waals surface area (Å²) >= 11 is 0. The molecule has 1 rings (SSSR count). The molecular formula is C9H11NO. The Morgan fingerprint density at radius 3 is 2.82 bits per heavy atom. The van der Waals surface area contributed by atoms with Crippen molar-refractivity contribution in [1.82, 2.24) is 0 Å². The molecule has 0 N–H and O–H groups in total. The molecule has 1 aliphatic carbocycles. The van der Waals surface area contributed by atoms with Crippen LogP contribution in [0, 0.1) is 0 Å². The summed E-state index contributed by atoms with van der Waals surface area (Å²) in [4.78, 5) is 13.7. The first kappa shape index (κ1) is 7.96. The van der Waals surface area contributed by atoms with Crippen molar-refractivity contribution in [2.75, 3.05) is 0 Å². The molecule has 0 saturated carbocycles. The molecule has 0 aliphatic heterocycles. The third-order valence-corrected chi connectivity index (χ3v) is 1.91. The molecule has 0 aromatic heterocycles. The van der Waals surface area contributed by atoms with Crippen LogP contribution in [0.4, 0.5) is 0 Å². The van der Waals surface area contributed by atoms with Crippen LogP contribution in [-0.2, 0) is 4.79 Å². The SMILES string of the molecule is CC1=CCCC(C)=C1N=C=O. The normalized spacial score (nSPS) is 17.5. The van der Waals surface area contributed by atoms with E-state index in [1.165, 1.54) is 5.57 Å². The van der Waals surface area contributed by atoms with Gasteiger partial charge in [-0.3, -0.25) is 0 Å². The van der Waals surface area contributed by atoms with Crippen molar-refractivity contribution in [3.8, 4) is 0 Å². The molecule has 0 radical (unpaired) electrons. The topological polar surface area (TPSA) is 29.4 Å². The Kier molecular flexibility index (Phi) is 2.40. The van der Waals surface area contributed by atoms with E-state index in [1.807, 2.05) is 13.8 Å². The Hall–Kier alpha value is -1.14. The lowest BCUT2D eigenvalue weighted by molar-refractivity contribution is 0.564. The minimum absolute atomic E-state index is 0.825. The van der Waals surface area contributed by atoms with E-state index in [9.17, 15) is 4.79 Å². The number of aliphatic imine (C=N–C) groups is 1. The first-order valence-corrected chi connectivity index (χ1v) is 3.70. The number of carbonyl (C=O) groups excluding carboxylic acids is 1. The molecule has 0 saturated heterocycles. The Morgan fingerprint density at radius 1 is 1.55 bits per heavy atom. The summed E-state index contributed by atoms with van der Waals surface area (Å²) < 4.78 is 0. The summed E-state index contributed by atoms with van der Waals surface area (Å²) in [5.41, 5.74) is 3.11. The molecule has 0 heterocycles. The van der Waals surface area contributed by atoms with Gasteiger partial charge < -0.3 is 0 Å². The molecule has 0 bridgehead atoms. The van der Waals surface area contributed by atoms with E-state index < -0.39 is 0 Å². The van der Waals surface area contributed by atoms with Crippen molar-refractivity contribution in [1.29, 1.82) is 0 Å². The lowest BCUT2D eigenvalue weighted by Crippen LogP contribution is -1.94. The van der Waals surface area contributed by atoms with Crippen molar-refractivity contribution < 1.29 is 4.79 Å². The first-order chi connectivity index (χ1) is 5.25. The van der Waals surface area contributed by atoms with Crippen LogP contribution in [0.15, 0.2) is 27.9 Å². The zero-order valence-corrected chi connectivity index (χ0v) is 6.85. The van der Waals surface area contributed by atoms with E-state index in [2.05, 4.69) is 11.1 Å². The van der Waals surface area contributed by atoms with Crippen LogP contribution >= 0.6 is 0 Å². The van der Waals surface area contributed by atoms with E-state index in [0.29, 0.717) is 0 Å². The summed E-state index contributed by atoms with van der Waals surface area (Å²) in [6.07, 6.45) is 5.75. The van der Waals surface area contributed by atoms with E-state index >= 15 is 0 Å². The van der Waals surface area contributed by atoms with Crippen LogP contribution in [0.25, 0.3) is 0 Å². The predicted octanol–water partition coefficient (Wildman–Crippen LogP) is 2.34. The standard InChI is InChI=1S/C9H11NO/c1-7-4-3-5-8(2)9(7)10-6-11/h4H,3,5H2,1-2H3. The summed E-state index contributed by atoms with van der Waals surface area (Å²) in [7, 11) is 0. The molecule has 2 nitrogen and oxygen atoms in total. The predicted molar refractivity (Wildman–Crippen MR) is 43.8 cm³/mol. The molecule has 0 atom stereocenters. The second-order valence-corrected chi connectivity index (χ2v) is 2.76. The van der Waals surface area contributed by atoms with Gasteiger partial charge in [-0.2, -0.15) is 4.99 Å². The quantitative estimate of drug-likeness (QED) is 0.415. The highest BCUT2D eigenvalue weighted by atomic mass is 16.1. The van der Waals surface area contributed by atoms with Gasteiger partial charge in [0, 0.05) is 0 Å². The number of hydrogen-bond donors (Lipinski definition) is 0. The maximum Gasteiger partial charge on any atom is 0.240 e. The molecule has 0 amide bonds. The average molecular weight is 149 g/mol. The molecule has 1 aliphatic rings. The average Bonchev–Trinajstić information content (AvgIpc) is 1.97. The van der Waals surface area contributed by atoms with Gasteiger partial charge in [0.1, 0.15) is 0 Å². The van der Waals surface area contributed by atoms with Crippen molar-refractivity contribution in [3.63, 3.8) is 0 Å². The smallest absolute Gasteiger partial charge is 0.211 e. The Labute approximate surface area is 66.3 Å². The Bertz CT molecular complexity index is 267. The number of hydrogen-bond acceptors (Lipinski definition) is 2. The number of rotatable bonds is 1. The maximum atomic E-state index is 10.0. The fraction of sp³-hybridized carbons (Fsp3) is 0.444. The third-order valence-electron chi connectivity index (χ3n) is 1.91. The van der Waals surface area contributed by atoms with Crippen molar-refractivity contribution >= 4 is 6.08 Å². The number of nitrogens with zero attached hydrogens (tertiary/aromatic N) is 1. The molecule has 0 aromatic rings. The van der Waals surface area contributed by atoms with Crippen LogP contribution in [0.5, 0.6) is 0 Å². The van der Waals surface area contributed by atoms with Crippen LogP contribution in [0.2, 0.25) is 0 Å². The highest BCUT2D eigenvalue weighted by molar-refractivity contribution is 5.45. The Morgan fingerprint density at radius 2 is 2.27 bits per heavy atom. The fourth-order valence-electron chi connectivity index (χ4n) is 1.29. The molecule has 0 unspecified atom stereocenters. The molecule has 11 heavy (non-hydrogen) atoms. The summed E-state index contributed by atoms with van der Waals surface area (Å²) in [6, 6.07) is 0. The lowest BCUT2D eigenvalue weighted by Gasteiger charge is -2.11. The van der Waals surface area contributed by atoms with Gasteiger partial charge in [-0.25, -0.2) is 4.79 Å². The zero-order chi connectivity index (χ0) is 8.27. The van der Waals surface area contributed by atoms with E-state index in [0.717, 1.165) is 24.1 Å². The molecule has 0 aromatic carbocycles. The van der Waals surface area contributed by atoms with Gasteiger partial charge in [-0.05, 0) is 37.8 Å². The number of isocyanates is 1. The van der Waals surface area contributed by atoms with Gasteiger partial charge in [0.05, 0.1) is 5.70 Å². The maximum absolute atomic E-state index is 10.0. The van der Waals surface area contributed by atoms with Crippen molar-refractivity contribution in [2.45, 2.75) is 26.7 Å². The minimum atomic E-state index is 0.825. The largest absolute Gasteiger partial charge is 0.240 e. The van der Waals surface area contributed by atoms with Crippen molar-refractivity contribution in [2.24, 2.45) is 4.99 Å². The van der Waals surface area contributed by atoms with Gasteiger partial charge in [0.15, 0.2) is 0 Å². The van der Waals surface area contributed by atoms with Gasteiger partial charge in [0.25, 0.3) is 0 Å². The molecule has 0 fully saturated rings. The molecular weight excluding hydrogens is 138 g/mol. The van der Waals surface area contributed by atoms with E-state index in [-0.39, 0.29) is 0 Å². The number of allylic oxidation sites excluding steroid dienone is 3. The summed E-state index contributed by atoms with van der Waals surface area (Å²) in [5, 5.41) is 0. The van der Waals surface area contributed by atoms with Gasteiger partial charge >= 0.3 is 0 Å². The lowest BCUT2D eigenvalue weighted by atomic mass is 9.98. The van der Waals surface area contributed by atoms with Crippen molar-refractivity contribution in [3.05, 3.63) is 22.9 Å². The van der Waals surface area contributed by atoms with Gasteiger partial charge in [0.2, 0.25) is 6.08 Å². The highest BCUT2D eigenvalue weighted by Crippen LogP contribution is 2.24. The fourth-order valence-corrected chi connectivity index (χ4v) is 1.29. The van der Waals surface area contributed by atoms with Gasteiger partial charge in [-0.15, -0.1) is 0 Å². The van der Waals surface area contributed by atoms with Crippen LogP contribution < -0.4 is 0 Å².